The molecule has 1 atom stereocenters. The van der Waals surface area contributed by atoms with Crippen molar-refractivity contribution in [3.8, 4) is 0 Å². The van der Waals surface area contributed by atoms with Crippen molar-refractivity contribution in [3.05, 3.63) is 0 Å². The van der Waals surface area contributed by atoms with Crippen molar-refractivity contribution in [3.63, 3.8) is 0 Å². The van der Waals surface area contributed by atoms with Crippen LogP contribution >= 0.6 is 0 Å². The molecule has 0 saturated carbocycles. The van der Waals surface area contributed by atoms with Crippen molar-refractivity contribution in [1.82, 2.24) is 4.90 Å². The van der Waals surface area contributed by atoms with E-state index in [2.05, 4.69) is 0 Å². The van der Waals surface area contributed by atoms with E-state index < -0.39 is 0 Å². The quantitative estimate of drug-likeness (QED) is 0.726. The molecule has 2 fully saturated rings. The van der Waals surface area contributed by atoms with Crippen LogP contribution in [-0.4, -0.2) is 49.2 Å². The molecule has 0 bridgehead atoms. The molecule has 2 aliphatic heterocycles. The molecule has 5 heteroatoms. The predicted molar refractivity (Wildman–Crippen MR) is 69.5 cm³/mol. The van der Waals surface area contributed by atoms with Crippen LogP contribution in [0.5, 0.6) is 0 Å². The van der Waals surface area contributed by atoms with Crippen molar-refractivity contribution < 1.29 is 19.1 Å². The summed E-state index contributed by atoms with van der Waals surface area (Å²) >= 11 is 0. The maximum atomic E-state index is 12.5. The zero-order chi connectivity index (χ0) is 13.7. The van der Waals surface area contributed by atoms with Gasteiger partial charge in [0.05, 0.1) is 6.61 Å². The van der Waals surface area contributed by atoms with Crippen molar-refractivity contribution in [2.24, 2.45) is 5.92 Å². The first-order chi connectivity index (χ1) is 9.24. The summed E-state index contributed by atoms with van der Waals surface area (Å²) in [5.74, 6) is -0.118. The van der Waals surface area contributed by atoms with Crippen LogP contribution in [0.3, 0.4) is 0 Å². The predicted octanol–water partition coefficient (Wildman–Crippen LogP) is 1.36. The van der Waals surface area contributed by atoms with Gasteiger partial charge < -0.3 is 14.4 Å². The number of nitrogens with zero attached hydrogens (tertiary/aromatic N) is 1. The molecule has 0 spiro atoms. The van der Waals surface area contributed by atoms with Crippen molar-refractivity contribution >= 4 is 11.9 Å². The van der Waals surface area contributed by atoms with Gasteiger partial charge in [-0.2, -0.15) is 0 Å². The third-order valence-electron chi connectivity index (χ3n) is 3.92. The maximum Gasteiger partial charge on any atom is 0.328 e. The standard InChI is InChI=1S/C14H23NO4/c1-2-19-14(17)12-5-3-4-8-15(12)13(16)11-6-9-18-10-7-11/h11-12H,2-10H2,1H3. The van der Waals surface area contributed by atoms with E-state index in [9.17, 15) is 9.59 Å². The molecule has 0 aromatic rings. The van der Waals surface area contributed by atoms with Gasteiger partial charge in [-0.3, -0.25) is 4.79 Å². The molecule has 2 aliphatic rings. The van der Waals surface area contributed by atoms with E-state index in [4.69, 9.17) is 9.47 Å². The average molecular weight is 269 g/mol. The summed E-state index contributed by atoms with van der Waals surface area (Å²) in [7, 11) is 0. The summed E-state index contributed by atoms with van der Waals surface area (Å²) in [6.07, 6.45) is 4.23. The average Bonchev–Trinajstić information content (AvgIpc) is 2.47. The Kier molecular flexibility index (Phi) is 5.19. The van der Waals surface area contributed by atoms with Gasteiger partial charge in [0.15, 0.2) is 0 Å². The molecular weight excluding hydrogens is 246 g/mol. The van der Waals surface area contributed by atoms with E-state index >= 15 is 0 Å². The molecule has 2 heterocycles. The number of amides is 1. The Morgan fingerprint density at radius 3 is 2.63 bits per heavy atom. The van der Waals surface area contributed by atoms with Crippen LogP contribution in [0, 0.1) is 5.92 Å². The van der Waals surface area contributed by atoms with E-state index in [1.807, 2.05) is 0 Å². The summed E-state index contributed by atoms with van der Waals surface area (Å²) in [6.45, 7) is 4.14. The second-order valence-electron chi connectivity index (χ2n) is 5.18. The van der Waals surface area contributed by atoms with Crippen LogP contribution in [0.1, 0.15) is 39.0 Å². The Hall–Kier alpha value is -1.10. The Bertz CT molecular complexity index is 325. The zero-order valence-electron chi connectivity index (χ0n) is 11.6. The molecule has 1 unspecified atom stereocenters. The fourth-order valence-electron chi connectivity index (χ4n) is 2.86. The molecule has 0 radical (unpaired) electrons. The Morgan fingerprint density at radius 1 is 1.21 bits per heavy atom. The summed E-state index contributed by atoms with van der Waals surface area (Å²) in [4.78, 5) is 26.2. The topological polar surface area (TPSA) is 55.8 Å². The highest BCUT2D eigenvalue weighted by Crippen LogP contribution is 2.24. The lowest BCUT2D eigenvalue weighted by Crippen LogP contribution is -2.51. The number of esters is 1. The van der Waals surface area contributed by atoms with Crippen LogP contribution in [0.4, 0.5) is 0 Å². The third-order valence-corrected chi connectivity index (χ3v) is 3.92. The molecule has 1 amide bonds. The van der Waals surface area contributed by atoms with Crippen LogP contribution in [0.15, 0.2) is 0 Å². The molecule has 0 aromatic heterocycles. The highest BCUT2D eigenvalue weighted by Gasteiger charge is 2.36. The minimum Gasteiger partial charge on any atom is -0.464 e. The van der Waals surface area contributed by atoms with Gasteiger partial charge in [-0.25, -0.2) is 4.79 Å². The summed E-state index contributed by atoms with van der Waals surface area (Å²) < 4.78 is 10.4. The maximum absolute atomic E-state index is 12.5. The number of carbonyl (C=O) groups excluding carboxylic acids is 2. The lowest BCUT2D eigenvalue weighted by molar-refractivity contribution is -0.159. The highest BCUT2D eigenvalue weighted by molar-refractivity contribution is 5.86. The molecule has 5 nitrogen and oxygen atoms in total. The molecule has 108 valence electrons. The number of hydrogen-bond acceptors (Lipinski definition) is 4. The smallest absolute Gasteiger partial charge is 0.328 e. The van der Waals surface area contributed by atoms with Gasteiger partial charge in [0.2, 0.25) is 5.91 Å². The highest BCUT2D eigenvalue weighted by atomic mass is 16.5. The van der Waals surface area contributed by atoms with Crippen molar-refractivity contribution in [1.29, 1.82) is 0 Å². The van der Waals surface area contributed by atoms with Crippen molar-refractivity contribution in [2.75, 3.05) is 26.4 Å². The second-order valence-corrected chi connectivity index (χ2v) is 5.18. The van der Waals surface area contributed by atoms with Crippen LogP contribution in [0.25, 0.3) is 0 Å². The fraction of sp³-hybridized carbons (Fsp3) is 0.857. The fourth-order valence-corrected chi connectivity index (χ4v) is 2.86. The van der Waals surface area contributed by atoms with Gasteiger partial charge >= 0.3 is 5.97 Å². The SMILES string of the molecule is CCOC(=O)C1CCCCN1C(=O)C1CCOCC1. The lowest BCUT2D eigenvalue weighted by Gasteiger charge is -2.37. The normalized spacial score (nSPS) is 25.1. The monoisotopic (exact) mass is 269 g/mol. The summed E-state index contributed by atoms with van der Waals surface area (Å²) in [6, 6.07) is -0.371. The number of carbonyl (C=O) groups is 2. The van der Waals surface area contributed by atoms with Gasteiger partial charge in [-0.1, -0.05) is 0 Å². The van der Waals surface area contributed by atoms with E-state index in [1.165, 1.54) is 0 Å². The molecule has 0 N–H and O–H groups in total. The van der Waals surface area contributed by atoms with E-state index in [1.54, 1.807) is 11.8 Å². The van der Waals surface area contributed by atoms with E-state index in [0.717, 1.165) is 32.1 Å². The minimum absolute atomic E-state index is 0.0174. The number of rotatable bonds is 3. The summed E-state index contributed by atoms with van der Waals surface area (Å²) in [5, 5.41) is 0. The van der Waals surface area contributed by atoms with Crippen LogP contribution in [-0.2, 0) is 19.1 Å². The van der Waals surface area contributed by atoms with Crippen molar-refractivity contribution in [2.45, 2.75) is 45.1 Å². The third kappa shape index (κ3) is 3.47. The van der Waals surface area contributed by atoms with Gasteiger partial charge in [0.25, 0.3) is 0 Å². The lowest BCUT2D eigenvalue weighted by atomic mass is 9.94. The molecule has 2 rings (SSSR count). The number of ether oxygens (including phenoxy) is 2. The van der Waals surface area contributed by atoms with E-state index in [-0.39, 0.29) is 23.8 Å². The Balaban J connectivity index is 2.01. The first kappa shape index (κ1) is 14.3. The second kappa shape index (κ2) is 6.89. The molecule has 2 saturated heterocycles. The number of piperidine rings is 1. The van der Waals surface area contributed by atoms with Gasteiger partial charge in [0, 0.05) is 25.7 Å². The molecule has 19 heavy (non-hydrogen) atoms. The van der Waals surface area contributed by atoms with Gasteiger partial charge in [-0.15, -0.1) is 0 Å². The molecular formula is C14H23NO4. The Morgan fingerprint density at radius 2 is 1.95 bits per heavy atom. The minimum atomic E-state index is -0.371. The number of likely N-dealkylation sites (tertiary alicyclic amines) is 1. The van der Waals surface area contributed by atoms with Gasteiger partial charge in [0.1, 0.15) is 6.04 Å². The largest absolute Gasteiger partial charge is 0.464 e. The zero-order valence-corrected chi connectivity index (χ0v) is 11.6. The molecule has 0 aliphatic carbocycles. The van der Waals surface area contributed by atoms with Crippen LogP contribution < -0.4 is 0 Å². The van der Waals surface area contributed by atoms with Crippen LogP contribution in [0.2, 0.25) is 0 Å². The number of hydrogen-bond donors (Lipinski definition) is 0. The van der Waals surface area contributed by atoms with E-state index in [0.29, 0.717) is 26.4 Å². The van der Waals surface area contributed by atoms with Gasteiger partial charge in [-0.05, 0) is 39.0 Å². The first-order valence-electron chi connectivity index (χ1n) is 7.29. The molecule has 0 aromatic carbocycles. The summed E-state index contributed by atoms with van der Waals surface area (Å²) in [5.41, 5.74) is 0. The Labute approximate surface area is 114 Å². The first-order valence-corrected chi connectivity index (χ1v) is 7.29.